The largest absolute Gasteiger partial charge is 0.446 e. The monoisotopic (exact) mass is 209 g/mol. The number of ether oxygens (including phenoxy) is 1. The number of nitrogens with one attached hydrogen (secondary N) is 1. The Morgan fingerprint density at radius 1 is 1.33 bits per heavy atom. The van der Waals surface area contributed by atoms with Gasteiger partial charge in [0.2, 0.25) is 0 Å². The van der Waals surface area contributed by atoms with Gasteiger partial charge in [-0.25, -0.2) is 4.79 Å². The first kappa shape index (κ1) is 9.49. The highest BCUT2D eigenvalue weighted by Gasteiger charge is 2.94. The zero-order valence-electron chi connectivity index (χ0n) is 9.89. The Bertz CT molecular complexity index is 356. The van der Waals surface area contributed by atoms with E-state index in [2.05, 4.69) is 26.1 Å². The van der Waals surface area contributed by atoms with Crippen LogP contribution in [0.1, 0.15) is 33.6 Å². The molecular formula is C12H19NO2. The summed E-state index contributed by atoms with van der Waals surface area (Å²) >= 11 is 0. The van der Waals surface area contributed by atoms with E-state index in [1.807, 2.05) is 0 Å². The summed E-state index contributed by atoms with van der Waals surface area (Å²) in [5.41, 5.74) is 1.11. The second-order valence-corrected chi connectivity index (χ2v) is 6.02. The lowest BCUT2D eigenvalue weighted by atomic mass is 9.64. The standard InChI is InChI=1S/C12H19NO2/c1-10-6-7-5-8(15-9(14)13-4)12(10,3)11(7,10)2/h7-8H,5-6H2,1-4H3,(H,13,14). The van der Waals surface area contributed by atoms with Crippen LogP contribution in [-0.2, 0) is 4.74 Å². The molecule has 3 aliphatic rings. The van der Waals surface area contributed by atoms with Crippen LogP contribution in [0.2, 0.25) is 0 Å². The number of fused-ring (bicyclic) bond motifs is 1. The van der Waals surface area contributed by atoms with Gasteiger partial charge in [-0.15, -0.1) is 0 Å². The zero-order valence-corrected chi connectivity index (χ0v) is 9.89. The van der Waals surface area contributed by atoms with Crippen molar-refractivity contribution < 1.29 is 9.53 Å². The zero-order chi connectivity index (χ0) is 11.1. The maximum Gasteiger partial charge on any atom is 0.407 e. The molecule has 1 amide bonds. The first-order valence-electron chi connectivity index (χ1n) is 5.80. The van der Waals surface area contributed by atoms with E-state index in [1.165, 1.54) is 6.42 Å². The summed E-state index contributed by atoms with van der Waals surface area (Å²) in [6.45, 7) is 7.02. The molecule has 0 spiro atoms. The van der Waals surface area contributed by atoms with Crippen molar-refractivity contribution in [3.8, 4) is 0 Å². The van der Waals surface area contributed by atoms with Crippen molar-refractivity contribution in [3.63, 3.8) is 0 Å². The van der Waals surface area contributed by atoms with Crippen molar-refractivity contribution in [1.29, 1.82) is 0 Å². The van der Waals surface area contributed by atoms with Gasteiger partial charge in [0.15, 0.2) is 0 Å². The van der Waals surface area contributed by atoms with Gasteiger partial charge < -0.3 is 10.1 Å². The number of carbonyl (C=O) groups is 1. The number of amides is 1. The van der Waals surface area contributed by atoms with Crippen LogP contribution in [-0.4, -0.2) is 19.2 Å². The van der Waals surface area contributed by atoms with Crippen molar-refractivity contribution in [3.05, 3.63) is 0 Å². The third-order valence-corrected chi connectivity index (χ3v) is 6.38. The van der Waals surface area contributed by atoms with Gasteiger partial charge in [0, 0.05) is 12.5 Å². The molecule has 3 rings (SSSR count). The topological polar surface area (TPSA) is 38.3 Å². The summed E-state index contributed by atoms with van der Waals surface area (Å²) in [7, 11) is 1.62. The van der Waals surface area contributed by atoms with Crippen LogP contribution in [0.5, 0.6) is 0 Å². The van der Waals surface area contributed by atoms with Crippen LogP contribution in [0.15, 0.2) is 0 Å². The highest BCUT2D eigenvalue weighted by molar-refractivity contribution is 5.67. The lowest BCUT2D eigenvalue weighted by Gasteiger charge is -2.41. The Kier molecular flexibility index (Phi) is 1.38. The minimum atomic E-state index is -0.277. The third kappa shape index (κ3) is 0.641. The Labute approximate surface area is 90.6 Å². The molecule has 0 saturated heterocycles. The van der Waals surface area contributed by atoms with Gasteiger partial charge in [0.05, 0.1) is 0 Å². The van der Waals surface area contributed by atoms with Gasteiger partial charge in [0.1, 0.15) is 6.10 Å². The van der Waals surface area contributed by atoms with E-state index in [-0.39, 0.29) is 17.6 Å². The lowest BCUT2D eigenvalue weighted by molar-refractivity contribution is 0.00559. The van der Waals surface area contributed by atoms with Crippen molar-refractivity contribution in [2.75, 3.05) is 7.05 Å². The van der Waals surface area contributed by atoms with Gasteiger partial charge >= 0.3 is 6.09 Å². The number of hydrogen-bond acceptors (Lipinski definition) is 2. The Hall–Kier alpha value is -0.730. The van der Waals surface area contributed by atoms with E-state index in [1.54, 1.807) is 7.05 Å². The van der Waals surface area contributed by atoms with Gasteiger partial charge in [-0.05, 0) is 29.6 Å². The predicted molar refractivity (Wildman–Crippen MR) is 56.4 cm³/mol. The molecule has 0 aliphatic heterocycles. The molecule has 3 aliphatic carbocycles. The summed E-state index contributed by atoms with van der Waals surface area (Å²) in [6.07, 6.45) is 2.25. The maximum absolute atomic E-state index is 11.3. The summed E-state index contributed by atoms with van der Waals surface area (Å²) < 4.78 is 5.50. The number of rotatable bonds is 1. The van der Waals surface area contributed by atoms with E-state index in [4.69, 9.17) is 4.74 Å². The summed E-state index contributed by atoms with van der Waals surface area (Å²) in [5.74, 6) is 0.780. The smallest absolute Gasteiger partial charge is 0.407 e. The third-order valence-electron chi connectivity index (χ3n) is 6.38. The SMILES string of the molecule is CNC(=O)OC1CC2CC3(C)C2(C)C13C. The molecular weight excluding hydrogens is 190 g/mol. The lowest BCUT2D eigenvalue weighted by Crippen LogP contribution is -2.39. The molecule has 0 aromatic rings. The van der Waals surface area contributed by atoms with E-state index < -0.39 is 0 Å². The fourth-order valence-corrected chi connectivity index (χ4v) is 5.01. The molecule has 84 valence electrons. The average Bonchev–Trinajstić information content (AvgIpc) is 2.41. The first-order valence-corrected chi connectivity index (χ1v) is 5.80. The van der Waals surface area contributed by atoms with Gasteiger partial charge in [-0.1, -0.05) is 20.8 Å². The molecule has 5 atom stereocenters. The highest BCUT2D eigenvalue weighted by Crippen LogP contribution is 2.96. The van der Waals surface area contributed by atoms with Crippen LogP contribution in [0.4, 0.5) is 4.79 Å². The molecule has 3 heteroatoms. The Morgan fingerprint density at radius 3 is 2.47 bits per heavy atom. The minimum absolute atomic E-state index is 0.131. The van der Waals surface area contributed by atoms with Crippen LogP contribution >= 0.6 is 0 Å². The minimum Gasteiger partial charge on any atom is -0.446 e. The fraction of sp³-hybridized carbons (Fsp3) is 0.917. The predicted octanol–water partition coefficient (Wildman–Crippen LogP) is 2.17. The molecule has 15 heavy (non-hydrogen) atoms. The molecule has 3 saturated carbocycles. The first-order chi connectivity index (χ1) is 6.91. The molecule has 0 radical (unpaired) electrons. The summed E-state index contributed by atoms with van der Waals surface area (Å²) in [5, 5.41) is 2.54. The van der Waals surface area contributed by atoms with Crippen molar-refractivity contribution in [2.45, 2.75) is 39.7 Å². The van der Waals surface area contributed by atoms with Gasteiger partial charge in [-0.2, -0.15) is 0 Å². The molecule has 1 N–H and O–H groups in total. The fourth-order valence-electron chi connectivity index (χ4n) is 5.01. The van der Waals surface area contributed by atoms with Crippen LogP contribution in [0.25, 0.3) is 0 Å². The second kappa shape index (κ2) is 2.18. The average molecular weight is 209 g/mol. The molecule has 0 aromatic heterocycles. The van der Waals surface area contributed by atoms with Crippen LogP contribution in [0, 0.1) is 22.2 Å². The summed E-state index contributed by atoms with van der Waals surface area (Å²) in [4.78, 5) is 11.3. The quantitative estimate of drug-likeness (QED) is 0.718. The second-order valence-electron chi connectivity index (χ2n) is 6.02. The molecule has 0 bridgehead atoms. The Morgan fingerprint density at radius 2 is 2.00 bits per heavy atom. The van der Waals surface area contributed by atoms with Crippen molar-refractivity contribution in [2.24, 2.45) is 22.2 Å². The Balaban J connectivity index is 1.83. The normalized spacial score (nSPS) is 59.2. The molecule has 3 nitrogen and oxygen atoms in total. The molecule has 0 heterocycles. The van der Waals surface area contributed by atoms with Crippen LogP contribution < -0.4 is 5.32 Å². The van der Waals surface area contributed by atoms with Gasteiger partial charge in [0.25, 0.3) is 0 Å². The number of alkyl carbamates (subject to hydrolysis) is 1. The molecule has 3 fully saturated rings. The summed E-state index contributed by atoms with van der Waals surface area (Å²) in [6, 6.07) is 0. The van der Waals surface area contributed by atoms with E-state index in [0.29, 0.717) is 10.8 Å². The van der Waals surface area contributed by atoms with Gasteiger partial charge in [-0.3, -0.25) is 0 Å². The maximum atomic E-state index is 11.3. The number of carbonyl (C=O) groups excluding carboxylic acids is 1. The van der Waals surface area contributed by atoms with E-state index in [9.17, 15) is 4.79 Å². The van der Waals surface area contributed by atoms with Crippen LogP contribution in [0.3, 0.4) is 0 Å². The number of hydrogen-bond donors (Lipinski definition) is 1. The van der Waals surface area contributed by atoms with E-state index in [0.717, 1.165) is 12.3 Å². The van der Waals surface area contributed by atoms with Crippen molar-refractivity contribution >= 4 is 6.09 Å². The van der Waals surface area contributed by atoms with E-state index >= 15 is 0 Å². The molecule has 5 unspecified atom stereocenters. The van der Waals surface area contributed by atoms with Crippen molar-refractivity contribution in [1.82, 2.24) is 5.32 Å². The molecule has 0 aromatic carbocycles. The highest BCUT2D eigenvalue weighted by atomic mass is 16.6.